The Morgan fingerprint density at radius 2 is 2.35 bits per heavy atom. The van der Waals surface area contributed by atoms with E-state index in [0.717, 1.165) is 13.1 Å². The van der Waals surface area contributed by atoms with Gasteiger partial charge in [0.15, 0.2) is 0 Å². The standard InChI is InChI=1S/C10H9Br2N3OS/c1-5(6-3-13-14-4-6)15-10(16)7-2-8(11)17-9(7)12/h2-5H,1H3,(H,13,14)(H,15,16). The summed E-state index contributed by atoms with van der Waals surface area (Å²) in [6, 6.07) is 1.72. The van der Waals surface area contributed by atoms with E-state index in [2.05, 4.69) is 47.4 Å². The summed E-state index contributed by atoms with van der Waals surface area (Å²) in [6.07, 6.45) is 3.47. The second kappa shape index (κ2) is 5.32. The third-order valence-corrected chi connectivity index (χ3v) is 4.61. The van der Waals surface area contributed by atoms with Gasteiger partial charge in [-0.2, -0.15) is 5.10 Å². The molecule has 4 nitrogen and oxygen atoms in total. The smallest absolute Gasteiger partial charge is 0.253 e. The highest BCUT2D eigenvalue weighted by Crippen LogP contribution is 2.32. The molecule has 2 N–H and O–H groups in total. The Labute approximate surface area is 119 Å². The van der Waals surface area contributed by atoms with Crippen LogP contribution in [-0.4, -0.2) is 16.1 Å². The molecule has 2 rings (SSSR count). The van der Waals surface area contributed by atoms with Crippen molar-refractivity contribution in [3.05, 3.63) is 37.2 Å². The maximum Gasteiger partial charge on any atom is 0.253 e. The molecule has 0 aliphatic heterocycles. The van der Waals surface area contributed by atoms with Gasteiger partial charge in [-0.05, 0) is 44.8 Å². The summed E-state index contributed by atoms with van der Waals surface area (Å²) in [6.45, 7) is 1.91. The van der Waals surface area contributed by atoms with E-state index >= 15 is 0 Å². The van der Waals surface area contributed by atoms with Crippen molar-refractivity contribution in [1.82, 2.24) is 15.5 Å². The summed E-state index contributed by atoms with van der Waals surface area (Å²) < 4.78 is 1.74. The lowest BCUT2D eigenvalue weighted by atomic mass is 10.2. The van der Waals surface area contributed by atoms with E-state index in [4.69, 9.17) is 0 Å². The van der Waals surface area contributed by atoms with Crippen LogP contribution in [0.1, 0.15) is 28.9 Å². The van der Waals surface area contributed by atoms with Crippen LogP contribution in [0.2, 0.25) is 0 Å². The Kier molecular flexibility index (Phi) is 4.01. The van der Waals surface area contributed by atoms with Crippen molar-refractivity contribution in [2.75, 3.05) is 0 Å². The van der Waals surface area contributed by atoms with Crippen LogP contribution in [0, 0.1) is 0 Å². The molecular weight excluding hydrogens is 370 g/mol. The summed E-state index contributed by atoms with van der Waals surface area (Å²) in [5.41, 5.74) is 1.58. The van der Waals surface area contributed by atoms with Crippen LogP contribution in [0.15, 0.2) is 26.0 Å². The van der Waals surface area contributed by atoms with E-state index < -0.39 is 0 Å². The van der Waals surface area contributed by atoms with Crippen LogP contribution in [0.3, 0.4) is 0 Å². The zero-order valence-corrected chi connectivity index (χ0v) is 12.8. The Morgan fingerprint density at radius 1 is 1.59 bits per heavy atom. The van der Waals surface area contributed by atoms with Gasteiger partial charge in [0.1, 0.15) is 0 Å². The number of H-pyrrole nitrogens is 1. The molecule has 90 valence electrons. The molecule has 0 fully saturated rings. The van der Waals surface area contributed by atoms with Gasteiger partial charge in [-0.15, -0.1) is 11.3 Å². The predicted molar refractivity (Wildman–Crippen MR) is 74.2 cm³/mol. The fourth-order valence-electron chi connectivity index (χ4n) is 1.35. The quantitative estimate of drug-likeness (QED) is 0.858. The minimum absolute atomic E-state index is 0.0770. The fraction of sp³-hybridized carbons (Fsp3) is 0.200. The summed E-state index contributed by atoms with van der Waals surface area (Å²) in [5.74, 6) is -0.104. The van der Waals surface area contributed by atoms with Crippen LogP contribution in [0.4, 0.5) is 0 Å². The molecule has 1 atom stereocenters. The van der Waals surface area contributed by atoms with Gasteiger partial charge in [-0.3, -0.25) is 9.89 Å². The van der Waals surface area contributed by atoms with Crippen molar-refractivity contribution < 1.29 is 4.79 Å². The van der Waals surface area contributed by atoms with Gasteiger partial charge in [0.05, 0.1) is 25.4 Å². The van der Waals surface area contributed by atoms with Gasteiger partial charge >= 0.3 is 0 Å². The van der Waals surface area contributed by atoms with Crippen LogP contribution in [0.25, 0.3) is 0 Å². The molecule has 0 saturated heterocycles. The lowest BCUT2D eigenvalue weighted by Crippen LogP contribution is -2.26. The van der Waals surface area contributed by atoms with E-state index in [1.165, 1.54) is 11.3 Å². The van der Waals surface area contributed by atoms with E-state index in [1.54, 1.807) is 18.5 Å². The fourth-order valence-corrected chi connectivity index (χ4v) is 4.14. The molecule has 0 radical (unpaired) electrons. The van der Waals surface area contributed by atoms with Gasteiger partial charge in [0.25, 0.3) is 5.91 Å². The molecule has 1 amide bonds. The third kappa shape index (κ3) is 2.97. The first kappa shape index (κ1) is 12.8. The monoisotopic (exact) mass is 377 g/mol. The molecular formula is C10H9Br2N3OS. The number of halogens is 2. The first-order chi connectivity index (χ1) is 8.08. The highest BCUT2D eigenvalue weighted by molar-refractivity contribution is 9.12. The number of aromatic nitrogens is 2. The molecule has 2 aromatic heterocycles. The van der Waals surface area contributed by atoms with Crippen molar-refractivity contribution in [2.45, 2.75) is 13.0 Å². The molecule has 0 spiro atoms. The minimum atomic E-state index is -0.104. The highest BCUT2D eigenvalue weighted by Gasteiger charge is 2.16. The van der Waals surface area contributed by atoms with E-state index in [1.807, 2.05) is 6.92 Å². The average Bonchev–Trinajstić information content (AvgIpc) is 2.87. The molecule has 0 aliphatic carbocycles. The number of carbonyl (C=O) groups excluding carboxylic acids is 1. The molecule has 7 heteroatoms. The van der Waals surface area contributed by atoms with Crippen molar-refractivity contribution in [2.24, 2.45) is 0 Å². The second-order valence-corrected chi connectivity index (χ2v) is 7.21. The number of aromatic amines is 1. The van der Waals surface area contributed by atoms with Crippen LogP contribution >= 0.6 is 43.2 Å². The number of hydrogen-bond donors (Lipinski definition) is 2. The number of rotatable bonds is 3. The third-order valence-electron chi connectivity index (χ3n) is 2.27. The van der Waals surface area contributed by atoms with Crippen LogP contribution < -0.4 is 5.32 Å². The predicted octanol–water partition coefficient (Wildman–Crippen LogP) is 3.49. The molecule has 0 aromatic carbocycles. The zero-order chi connectivity index (χ0) is 12.4. The number of carbonyl (C=O) groups is 1. The Balaban J connectivity index is 2.09. The van der Waals surface area contributed by atoms with Gasteiger partial charge in [0.2, 0.25) is 0 Å². The average molecular weight is 379 g/mol. The van der Waals surface area contributed by atoms with Crippen LogP contribution in [-0.2, 0) is 0 Å². The molecule has 0 aliphatic rings. The Bertz CT molecular complexity index is 524. The lowest BCUT2D eigenvalue weighted by molar-refractivity contribution is 0.0939. The van der Waals surface area contributed by atoms with E-state index in [9.17, 15) is 4.79 Å². The number of amides is 1. The first-order valence-electron chi connectivity index (χ1n) is 4.82. The summed E-state index contributed by atoms with van der Waals surface area (Å²) in [5, 5.41) is 9.49. The van der Waals surface area contributed by atoms with Gasteiger partial charge in [0, 0.05) is 11.8 Å². The lowest BCUT2D eigenvalue weighted by Gasteiger charge is -2.11. The Morgan fingerprint density at radius 3 is 2.88 bits per heavy atom. The first-order valence-corrected chi connectivity index (χ1v) is 7.22. The largest absolute Gasteiger partial charge is 0.345 e. The Hall–Kier alpha value is -0.660. The minimum Gasteiger partial charge on any atom is -0.345 e. The van der Waals surface area contributed by atoms with Crippen LogP contribution in [0.5, 0.6) is 0 Å². The summed E-state index contributed by atoms with van der Waals surface area (Å²) in [4.78, 5) is 12.0. The van der Waals surface area contributed by atoms with Gasteiger partial charge in [-0.25, -0.2) is 0 Å². The number of thiophene rings is 1. The van der Waals surface area contributed by atoms with Crippen molar-refractivity contribution in [1.29, 1.82) is 0 Å². The highest BCUT2D eigenvalue weighted by atomic mass is 79.9. The molecule has 2 heterocycles. The molecule has 0 bridgehead atoms. The van der Waals surface area contributed by atoms with E-state index in [-0.39, 0.29) is 11.9 Å². The topological polar surface area (TPSA) is 57.8 Å². The van der Waals surface area contributed by atoms with Crippen molar-refractivity contribution in [3.8, 4) is 0 Å². The summed E-state index contributed by atoms with van der Waals surface area (Å²) >= 11 is 8.19. The zero-order valence-electron chi connectivity index (χ0n) is 8.83. The number of hydrogen-bond acceptors (Lipinski definition) is 3. The molecule has 1 unspecified atom stereocenters. The SMILES string of the molecule is CC(NC(=O)c1cc(Br)sc1Br)c1cn[nH]c1. The second-order valence-electron chi connectivity index (χ2n) is 3.46. The molecule has 2 aromatic rings. The molecule has 0 saturated carbocycles. The number of nitrogens with zero attached hydrogens (tertiary/aromatic N) is 1. The van der Waals surface area contributed by atoms with Gasteiger partial charge < -0.3 is 5.32 Å². The number of nitrogens with one attached hydrogen (secondary N) is 2. The van der Waals surface area contributed by atoms with E-state index in [0.29, 0.717) is 5.56 Å². The summed E-state index contributed by atoms with van der Waals surface area (Å²) in [7, 11) is 0. The maximum absolute atomic E-state index is 12.0. The van der Waals surface area contributed by atoms with Crippen molar-refractivity contribution >= 4 is 49.1 Å². The molecule has 17 heavy (non-hydrogen) atoms. The van der Waals surface area contributed by atoms with Gasteiger partial charge in [-0.1, -0.05) is 0 Å². The van der Waals surface area contributed by atoms with Crippen molar-refractivity contribution in [3.63, 3.8) is 0 Å². The normalized spacial score (nSPS) is 12.4. The maximum atomic E-state index is 12.0.